The van der Waals surface area contributed by atoms with Gasteiger partial charge in [-0.3, -0.25) is 9.59 Å². The molecule has 0 radical (unpaired) electrons. The molecule has 1 fully saturated rings. The van der Waals surface area contributed by atoms with Crippen molar-refractivity contribution in [2.75, 3.05) is 44.2 Å². The first-order valence-corrected chi connectivity index (χ1v) is 14.4. The minimum Gasteiger partial charge on any atom is -0.455 e. The molecule has 1 aromatic heterocycles. The van der Waals surface area contributed by atoms with E-state index in [1.807, 2.05) is 30.3 Å². The van der Waals surface area contributed by atoms with E-state index in [-0.39, 0.29) is 30.0 Å². The monoisotopic (exact) mass is 570 g/mol. The molecule has 0 saturated carbocycles. The fraction of sp³-hybridized carbons (Fsp3) is 0.303. The summed E-state index contributed by atoms with van der Waals surface area (Å²) >= 11 is 0. The number of hydrogen-bond donors (Lipinski definition) is 2. The van der Waals surface area contributed by atoms with E-state index in [4.69, 9.17) is 4.42 Å². The first kappa shape index (κ1) is 28.9. The minimum atomic E-state index is -0.366. The van der Waals surface area contributed by atoms with Crippen molar-refractivity contribution in [2.45, 2.75) is 27.2 Å². The molecule has 0 aliphatic carbocycles. The third-order valence-corrected chi connectivity index (χ3v) is 7.67. The Morgan fingerprint density at radius 2 is 1.79 bits per heavy atom. The Labute approximate surface area is 244 Å². The molecule has 8 nitrogen and oxygen atoms in total. The summed E-state index contributed by atoms with van der Waals surface area (Å²) in [4.78, 5) is 42.0. The number of carbonyl (C=O) groups is 3. The van der Waals surface area contributed by atoms with Crippen LogP contribution in [0.25, 0.3) is 33.4 Å². The first-order valence-electron chi connectivity index (χ1n) is 14.4. The molecule has 2 heterocycles. The number of halogens is 1. The summed E-state index contributed by atoms with van der Waals surface area (Å²) < 4.78 is 20.0. The lowest BCUT2D eigenvalue weighted by Gasteiger charge is -2.24. The van der Waals surface area contributed by atoms with Gasteiger partial charge in [0.1, 0.15) is 17.2 Å². The number of carbonyl (C=O) groups excluding carboxylic acids is 3. The third kappa shape index (κ3) is 5.72. The maximum atomic E-state index is 13.7. The lowest BCUT2D eigenvalue weighted by atomic mass is 9.95. The third-order valence-electron chi connectivity index (χ3n) is 7.67. The van der Waals surface area contributed by atoms with Gasteiger partial charge in [-0.1, -0.05) is 19.1 Å². The molecule has 4 aromatic rings. The topological polar surface area (TPSA) is 94.9 Å². The summed E-state index contributed by atoms with van der Waals surface area (Å²) in [6.07, 6.45) is 0.282. The number of urea groups is 1. The normalized spacial score (nSPS) is 13.0. The molecule has 42 heavy (non-hydrogen) atoms. The van der Waals surface area contributed by atoms with Crippen LogP contribution in [0.3, 0.4) is 0 Å². The Morgan fingerprint density at radius 1 is 1.02 bits per heavy atom. The van der Waals surface area contributed by atoms with E-state index in [1.54, 1.807) is 30.0 Å². The van der Waals surface area contributed by atoms with Crippen LogP contribution in [-0.2, 0) is 0 Å². The van der Waals surface area contributed by atoms with Crippen molar-refractivity contribution < 1.29 is 23.2 Å². The smallest absolute Gasteiger partial charge is 0.317 e. The Bertz CT molecular complexity index is 1630. The molecule has 0 spiro atoms. The second-order valence-corrected chi connectivity index (χ2v) is 10.2. The van der Waals surface area contributed by atoms with E-state index in [0.717, 1.165) is 29.9 Å². The largest absolute Gasteiger partial charge is 0.455 e. The number of hydrogen-bond acceptors (Lipinski definition) is 5. The van der Waals surface area contributed by atoms with Crippen molar-refractivity contribution in [1.29, 1.82) is 0 Å². The number of benzene rings is 3. The molecule has 3 amide bonds. The van der Waals surface area contributed by atoms with E-state index in [2.05, 4.69) is 29.4 Å². The van der Waals surface area contributed by atoms with Crippen molar-refractivity contribution in [1.82, 2.24) is 15.5 Å². The van der Waals surface area contributed by atoms with Gasteiger partial charge in [-0.25, -0.2) is 9.18 Å². The molecular weight excluding hydrogens is 535 g/mol. The minimum absolute atomic E-state index is 0.0746. The van der Waals surface area contributed by atoms with Crippen LogP contribution in [0.5, 0.6) is 0 Å². The molecule has 0 unspecified atom stereocenters. The van der Waals surface area contributed by atoms with Gasteiger partial charge in [-0.15, -0.1) is 0 Å². The Balaban J connectivity index is 1.57. The number of rotatable bonds is 11. The number of nitrogens with zero attached hydrogens (tertiary/aromatic N) is 2. The number of nitrogens with one attached hydrogen (secondary N) is 2. The quantitative estimate of drug-likeness (QED) is 0.213. The van der Waals surface area contributed by atoms with Crippen LogP contribution >= 0.6 is 0 Å². The maximum absolute atomic E-state index is 13.7. The number of furan rings is 1. The predicted molar refractivity (Wildman–Crippen MR) is 163 cm³/mol. The molecule has 0 bridgehead atoms. The van der Waals surface area contributed by atoms with Crippen LogP contribution in [-0.4, -0.2) is 61.9 Å². The Morgan fingerprint density at radius 3 is 2.45 bits per heavy atom. The molecule has 9 heteroatoms. The molecule has 5 rings (SSSR count). The molecule has 1 saturated heterocycles. The molecule has 218 valence electrons. The van der Waals surface area contributed by atoms with Gasteiger partial charge in [0.15, 0.2) is 5.78 Å². The zero-order valence-corrected chi connectivity index (χ0v) is 24.1. The van der Waals surface area contributed by atoms with Crippen molar-refractivity contribution in [3.05, 3.63) is 77.6 Å². The standard InChI is InChI=1S/C33H35FN4O4/c1-4-28(39)30-26-19-25(22-8-7-9-23(18-22)32(40)35-14-16-38-17-15-36-33(38)41)27(37(5-2)6-3)20-29(26)42-31(30)21-10-12-24(34)13-11-21/h7-13,18-20H,4-6,14-17H2,1-3H3,(H,35,40)(H,36,41). The average molecular weight is 571 g/mol. The summed E-state index contributed by atoms with van der Waals surface area (Å²) in [7, 11) is 0. The van der Waals surface area contributed by atoms with Gasteiger partial charge in [-0.05, 0) is 61.9 Å². The van der Waals surface area contributed by atoms with Gasteiger partial charge >= 0.3 is 6.03 Å². The highest BCUT2D eigenvalue weighted by Crippen LogP contribution is 2.41. The van der Waals surface area contributed by atoms with Gasteiger partial charge in [0, 0.05) is 79.5 Å². The zero-order valence-electron chi connectivity index (χ0n) is 24.1. The van der Waals surface area contributed by atoms with E-state index >= 15 is 0 Å². The highest BCUT2D eigenvalue weighted by atomic mass is 19.1. The lowest BCUT2D eigenvalue weighted by Crippen LogP contribution is -2.36. The predicted octanol–water partition coefficient (Wildman–Crippen LogP) is 6.10. The van der Waals surface area contributed by atoms with Gasteiger partial charge in [-0.2, -0.15) is 0 Å². The summed E-state index contributed by atoms with van der Waals surface area (Å²) in [5, 5.41) is 6.34. The van der Waals surface area contributed by atoms with Crippen molar-refractivity contribution >= 4 is 34.4 Å². The van der Waals surface area contributed by atoms with Gasteiger partial charge in [0.25, 0.3) is 5.91 Å². The summed E-state index contributed by atoms with van der Waals surface area (Å²) in [6, 6.07) is 17.1. The van der Waals surface area contributed by atoms with E-state index in [9.17, 15) is 18.8 Å². The molecule has 3 aromatic carbocycles. The molecule has 1 aliphatic heterocycles. The highest BCUT2D eigenvalue weighted by Gasteiger charge is 2.24. The van der Waals surface area contributed by atoms with Gasteiger partial charge in [0.2, 0.25) is 0 Å². The summed E-state index contributed by atoms with van der Waals surface area (Å²) in [6.45, 7) is 9.44. The summed E-state index contributed by atoms with van der Waals surface area (Å²) in [5.74, 6) is -0.255. The van der Waals surface area contributed by atoms with E-state index in [1.165, 1.54) is 12.1 Å². The number of Topliss-reactive ketones (excluding diaryl/α,β-unsaturated/α-hetero) is 1. The van der Waals surface area contributed by atoms with Crippen LogP contribution < -0.4 is 15.5 Å². The first-order chi connectivity index (χ1) is 20.3. The second kappa shape index (κ2) is 12.5. The van der Waals surface area contributed by atoms with Crippen LogP contribution in [0.2, 0.25) is 0 Å². The molecule has 2 N–H and O–H groups in total. The number of anilines is 1. The fourth-order valence-electron chi connectivity index (χ4n) is 5.41. The Hall–Kier alpha value is -4.66. The van der Waals surface area contributed by atoms with Crippen LogP contribution in [0.15, 0.2) is 65.1 Å². The molecule has 1 aliphatic rings. The van der Waals surface area contributed by atoms with Gasteiger partial charge < -0.3 is 24.9 Å². The number of fused-ring (bicyclic) bond motifs is 1. The van der Waals surface area contributed by atoms with Crippen LogP contribution in [0, 0.1) is 5.82 Å². The van der Waals surface area contributed by atoms with E-state index in [0.29, 0.717) is 59.6 Å². The summed E-state index contributed by atoms with van der Waals surface area (Å²) in [5.41, 5.74) is 4.76. The Kier molecular flexibility index (Phi) is 8.56. The van der Waals surface area contributed by atoms with Gasteiger partial charge in [0.05, 0.1) is 5.56 Å². The molecular formula is C33H35FN4O4. The number of ketones is 1. The van der Waals surface area contributed by atoms with Crippen LogP contribution in [0.4, 0.5) is 14.9 Å². The molecule has 0 atom stereocenters. The van der Waals surface area contributed by atoms with Crippen molar-refractivity contribution in [3.63, 3.8) is 0 Å². The SMILES string of the molecule is CCC(=O)c1c(-c2ccc(F)cc2)oc2cc(N(CC)CC)c(-c3cccc(C(=O)NCCN4CCNC4=O)c3)cc12. The zero-order chi connectivity index (χ0) is 29.8. The van der Waals surface area contributed by atoms with Crippen molar-refractivity contribution in [2.24, 2.45) is 0 Å². The van der Waals surface area contributed by atoms with Crippen LogP contribution in [0.1, 0.15) is 47.9 Å². The second-order valence-electron chi connectivity index (χ2n) is 10.2. The average Bonchev–Trinajstić information content (AvgIpc) is 3.60. The van der Waals surface area contributed by atoms with Crippen molar-refractivity contribution in [3.8, 4) is 22.5 Å². The van der Waals surface area contributed by atoms with E-state index < -0.39 is 0 Å². The maximum Gasteiger partial charge on any atom is 0.317 e. The number of amides is 3. The highest BCUT2D eigenvalue weighted by molar-refractivity contribution is 6.13. The fourth-order valence-corrected chi connectivity index (χ4v) is 5.41. The lowest BCUT2D eigenvalue weighted by molar-refractivity contribution is 0.0948.